The van der Waals surface area contributed by atoms with Gasteiger partial charge in [0.25, 0.3) is 5.92 Å². The van der Waals surface area contributed by atoms with Crippen molar-refractivity contribution < 1.29 is 27.1 Å². The van der Waals surface area contributed by atoms with Crippen molar-refractivity contribution in [1.29, 1.82) is 0 Å². The molecule has 0 aromatic carbocycles. The van der Waals surface area contributed by atoms with E-state index in [1.807, 2.05) is 0 Å². The van der Waals surface area contributed by atoms with Crippen LogP contribution in [-0.2, 0) is 12.6 Å². The number of aromatic nitrogens is 2. The lowest BCUT2D eigenvalue weighted by molar-refractivity contribution is -0.142. The zero-order valence-electron chi connectivity index (χ0n) is 10.9. The van der Waals surface area contributed by atoms with Crippen molar-refractivity contribution in [3.05, 3.63) is 41.3 Å². The summed E-state index contributed by atoms with van der Waals surface area (Å²) in [5.74, 6) is -3.63. The van der Waals surface area contributed by atoms with Crippen molar-refractivity contribution in [2.75, 3.05) is 5.73 Å². The number of hydrogen-bond acceptors (Lipinski definition) is 3. The van der Waals surface area contributed by atoms with Gasteiger partial charge in [0.15, 0.2) is 0 Å². The van der Waals surface area contributed by atoms with E-state index in [4.69, 9.17) is 5.73 Å². The third-order valence-corrected chi connectivity index (χ3v) is 3.55. The SMILES string of the molecule is Nc1ccc(-n2cc(C(F)(F)F)c3c2CC(F)(F)C3O)nc1. The molecule has 0 amide bonds. The van der Waals surface area contributed by atoms with Gasteiger partial charge in [0, 0.05) is 17.5 Å². The first kappa shape index (κ1) is 14.8. The number of nitrogens with zero attached hydrogens (tertiary/aromatic N) is 2. The maximum Gasteiger partial charge on any atom is 0.418 e. The number of alkyl halides is 5. The largest absolute Gasteiger partial charge is 0.418 e. The second kappa shape index (κ2) is 4.42. The Hall–Kier alpha value is -2.16. The molecule has 1 atom stereocenters. The highest BCUT2D eigenvalue weighted by molar-refractivity contribution is 5.48. The fourth-order valence-electron chi connectivity index (χ4n) is 2.55. The molecule has 4 nitrogen and oxygen atoms in total. The lowest BCUT2D eigenvalue weighted by Crippen LogP contribution is -2.24. The number of nitrogen functional groups attached to an aromatic ring is 1. The fourth-order valence-corrected chi connectivity index (χ4v) is 2.55. The van der Waals surface area contributed by atoms with E-state index < -0.39 is 35.8 Å². The molecule has 0 radical (unpaired) electrons. The van der Waals surface area contributed by atoms with Crippen LogP contribution in [0.15, 0.2) is 24.5 Å². The van der Waals surface area contributed by atoms with Crippen LogP contribution in [0.4, 0.5) is 27.6 Å². The summed E-state index contributed by atoms with van der Waals surface area (Å²) < 4.78 is 67.3. The molecule has 2 heterocycles. The first-order chi connectivity index (χ1) is 10.1. The second-order valence-electron chi connectivity index (χ2n) is 5.06. The summed E-state index contributed by atoms with van der Waals surface area (Å²) in [7, 11) is 0. The summed E-state index contributed by atoms with van der Waals surface area (Å²) in [6.45, 7) is 0. The van der Waals surface area contributed by atoms with Gasteiger partial charge < -0.3 is 15.4 Å². The summed E-state index contributed by atoms with van der Waals surface area (Å²) in [5.41, 5.74) is 3.35. The quantitative estimate of drug-likeness (QED) is 0.794. The molecule has 2 aromatic rings. The van der Waals surface area contributed by atoms with Crippen molar-refractivity contribution in [2.45, 2.75) is 24.6 Å². The first-order valence-corrected chi connectivity index (χ1v) is 6.20. The van der Waals surface area contributed by atoms with Crippen molar-refractivity contribution in [1.82, 2.24) is 9.55 Å². The van der Waals surface area contributed by atoms with Crippen molar-refractivity contribution in [3.8, 4) is 5.82 Å². The summed E-state index contributed by atoms with van der Waals surface area (Å²) in [6, 6.07) is 2.71. The number of nitrogens with two attached hydrogens (primary N) is 1. The third kappa shape index (κ3) is 2.12. The van der Waals surface area contributed by atoms with Crippen molar-refractivity contribution in [3.63, 3.8) is 0 Å². The molecule has 0 spiro atoms. The van der Waals surface area contributed by atoms with E-state index in [1.165, 1.54) is 18.3 Å². The van der Waals surface area contributed by atoms with E-state index in [9.17, 15) is 27.1 Å². The van der Waals surface area contributed by atoms with Gasteiger partial charge in [-0.3, -0.25) is 0 Å². The lowest BCUT2D eigenvalue weighted by Gasteiger charge is -2.16. The Bertz CT molecular complexity index is 721. The zero-order chi connectivity index (χ0) is 16.3. The van der Waals surface area contributed by atoms with Gasteiger partial charge in [0.2, 0.25) is 0 Å². The zero-order valence-corrected chi connectivity index (χ0v) is 10.9. The maximum absolute atomic E-state index is 13.6. The average Bonchev–Trinajstić information content (AvgIpc) is 2.86. The van der Waals surface area contributed by atoms with Crippen LogP contribution < -0.4 is 5.73 Å². The van der Waals surface area contributed by atoms with Crippen LogP contribution in [0.5, 0.6) is 0 Å². The van der Waals surface area contributed by atoms with Crippen LogP contribution in [-0.4, -0.2) is 20.6 Å². The van der Waals surface area contributed by atoms with Crippen molar-refractivity contribution >= 4 is 5.69 Å². The predicted octanol–water partition coefficient (Wildman–Crippen LogP) is 2.70. The second-order valence-corrected chi connectivity index (χ2v) is 5.06. The van der Waals surface area contributed by atoms with Gasteiger partial charge in [-0.15, -0.1) is 0 Å². The van der Waals surface area contributed by atoms with Crippen LogP contribution in [0.3, 0.4) is 0 Å². The Balaban J connectivity index is 2.22. The maximum atomic E-state index is 13.6. The highest BCUT2D eigenvalue weighted by Crippen LogP contribution is 2.49. The Kier molecular flexibility index (Phi) is 2.96. The van der Waals surface area contributed by atoms with Gasteiger partial charge in [0.1, 0.15) is 11.9 Å². The number of halogens is 5. The number of pyridine rings is 1. The fraction of sp³-hybridized carbons (Fsp3) is 0.308. The van der Waals surface area contributed by atoms with E-state index in [0.717, 1.165) is 4.57 Å². The van der Waals surface area contributed by atoms with E-state index in [2.05, 4.69) is 4.98 Å². The molecule has 0 saturated carbocycles. The van der Waals surface area contributed by atoms with Crippen molar-refractivity contribution in [2.24, 2.45) is 0 Å². The molecule has 3 rings (SSSR count). The van der Waals surface area contributed by atoms with E-state index in [-0.39, 0.29) is 17.2 Å². The van der Waals surface area contributed by atoms with Gasteiger partial charge in [0.05, 0.1) is 23.9 Å². The smallest absolute Gasteiger partial charge is 0.397 e. The van der Waals surface area contributed by atoms with Gasteiger partial charge in [-0.25, -0.2) is 13.8 Å². The van der Waals surface area contributed by atoms with Gasteiger partial charge in [-0.1, -0.05) is 0 Å². The van der Waals surface area contributed by atoms with E-state index in [1.54, 1.807) is 0 Å². The molecule has 1 aliphatic rings. The molecule has 0 bridgehead atoms. The average molecular weight is 319 g/mol. The molecule has 2 aromatic heterocycles. The molecule has 0 fully saturated rings. The number of aliphatic hydroxyl groups is 1. The Labute approximate surface area is 121 Å². The summed E-state index contributed by atoms with van der Waals surface area (Å²) in [4.78, 5) is 3.84. The third-order valence-electron chi connectivity index (χ3n) is 3.55. The number of hydrogen-bond donors (Lipinski definition) is 2. The predicted molar refractivity (Wildman–Crippen MR) is 66.6 cm³/mol. The lowest BCUT2D eigenvalue weighted by atomic mass is 10.1. The molecular formula is C13H10F5N3O. The van der Waals surface area contributed by atoms with Gasteiger partial charge >= 0.3 is 6.18 Å². The molecule has 1 aliphatic carbocycles. The number of anilines is 1. The summed E-state index contributed by atoms with van der Waals surface area (Å²) in [5, 5.41) is 9.55. The normalized spacial score (nSPS) is 20.2. The molecule has 9 heteroatoms. The van der Waals surface area contributed by atoms with Crippen LogP contribution in [0, 0.1) is 0 Å². The Morgan fingerprint density at radius 2 is 2.00 bits per heavy atom. The standard InChI is InChI=1S/C13H10F5N3O/c14-12(15)3-8-10(11(12)22)7(13(16,17)18)5-21(8)9-2-1-6(19)4-20-9/h1-2,4-5,11,22H,3,19H2. The number of fused-ring (bicyclic) bond motifs is 1. The van der Waals surface area contributed by atoms with E-state index >= 15 is 0 Å². The monoisotopic (exact) mass is 319 g/mol. The Morgan fingerprint density at radius 1 is 1.32 bits per heavy atom. The highest BCUT2D eigenvalue weighted by Gasteiger charge is 2.53. The highest BCUT2D eigenvalue weighted by atomic mass is 19.4. The minimum atomic E-state index is -4.86. The van der Waals surface area contributed by atoms with Crippen LogP contribution >= 0.6 is 0 Å². The van der Waals surface area contributed by atoms with Gasteiger partial charge in [-0.05, 0) is 12.1 Å². The Morgan fingerprint density at radius 3 is 2.55 bits per heavy atom. The molecule has 3 N–H and O–H groups in total. The molecule has 22 heavy (non-hydrogen) atoms. The molecule has 0 saturated heterocycles. The molecule has 118 valence electrons. The minimum absolute atomic E-state index is 0.0193. The van der Waals surface area contributed by atoms with Gasteiger partial charge in [-0.2, -0.15) is 13.2 Å². The summed E-state index contributed by atoms with van der Waals surface area (Å²) in [6.07, 6.45) is -6.47. The topological polar surface area (TPSA) is 64.1 Å². The molecular weight excluding hydrogens is 309 g/mol. The van der Waals surface area contributed by atoms with Crippen LogP contribution in [0.2, 0.25) is 0 Å². The van der Waals surface area contributed by atoms with E-state index in [0.29, 0.717) is 6.20 Å². The number of aliphatic hydroxyl groups excluding tert-OH is 1. The first-order valence-electron chi connectivity index (χ1n) is 6.20. The summed E-state index contributed by atoms with van der Waals surface area (Å²) >= 11 is 0. The van der Waals surface area contributed by atoms with Crippen LogP contribution in [0.1, 0.15) is 22.9 Å². The molecule has 0 aliphatic heterocycles. The minimum Gasteiger partial charge on any atom is -0.397 e. The molecule has 1 unspecified atom stereocenters. The number of rotatable bonds is 1. The van der Waals surface area contributed by atoms with Crippen LogP contribution in [0.25, 0.3) is 5.82 Å².